The van der Waals surface area contributed by atoms with Gasteiger partial charge in [0, 0.05) is 16.7 Å². The number of benzene rings is 2. The van der Waals surface area contributed by atoms with E-state index in [-0.39, 0.29) is 11.1 Å². The molecule has 0 aliphatic rings. The van der Waals surface area contributed by atoms with E-state index in [0.717, 1.165) is 12.1 Å². The number of aliphatic hydroxyl groups is 1. The molecule has 2 rings (SSSR count). The predicted molar refractivity (Wildman–Crippen MR) is 72.3 cm³/mol. The molecule has 0 fully saturated rings. The van der Waals surface area contributed by atoms with E-state index in [1.165, 1.54) is 12.1 Å². The van der Waals surface area contributed by atoms with Crippen LogP contribution in [0, 0.1) is 0 Å². The summed E-state index contributed by atoms with van der Waals surface area (Å²) in [4.78, 5) is 12.1. The highest BCUT2D eigenvalue weighted by Crippen LogP contribution is 2.49. The van der Waals surface area contributed by atoms with Crippen molar-refractivity contribution in [1.29, 1.82) is 0 Å². The Kier molecular flexibility index (Phi) is 4.45. The maximum Gasteiger partial charge on any atom is 0.430 e. The molecule has 2 aromatic carbocycles. The molecule has 24 heavy (non-hydrogen) atoms. The predicted octanol–water partition coefficient (Wildman–Crippen LogP) is 4.23. The largest absolute Gasteiger partial charge is 0.430 e. The monoisotopic (exact) mass is 348 g/mol. The average Bonchev–Trinajstić information content (AvgIpc) is 2.52. The Hall–Kier alpha value is -2.35. The SMILES string of the molecule is O=C(c1ccccc1)c1ccc(C(O)(C(F)(F)F)C(F)(F)F)cc1. The molecule has 0 spiro atoms. The van der Waals surface area contributed by atoms with Crippen LogP contribution in [-0.4, -0.2) is 23.2 Å². The van der Waals surface area contributed by atoms with Gasteiger partial charge in [-0.05, 0) is 0 Å². The van der Waals surface area contributed by atoms with E-state index in [1.54, 1.807) is 18.2 Å². The first-order valence-corrected chi connectivity index (χ1v) is 6.54. The quantitative estimate of drug-likeness (QED) is 0.666. The van der Waals surface area contributed by atoms with Crippen molar-refractivity contribution in [2.24, 2.45) is 0 Å². The molecule has 0 heterocycles. The van der Waals surface area contributed by atoms with Crippen LogP contribution in [0.15, 0.2) is 54.6 Å². The summed E-state index contributed by atoms with van der Waals surface area (Å²) in [6.07, 6.45) is -11.9. The van der Waals surface area contributed by atoms with Gasteiger partial charge in [-0.15, -0.1) is 0 Å². The van der Waals surface area contributed by atoms with Crippen LogP contribution in [0.1, 0.15) is 21.5 Å². The second-order valence-electron chi connectivity index (χ2n) is 4.98. The minimum Gasteiger partial charge on any atom is -0.369 e. The van der Waals surface area contributed by atoms with Crippen molar-refractivity contribution in [3.05, 3.63) is 71.3 Å². The van der Waals surface area contributed by atoms with Crippen molar-refractivity contribution < 1.29 is 36.2 Å². The number of alkyl halides is 6. The standard InChI is InChI=1S/C16H10F6O2/c17-15(18,19)14(24,16(20,21)22)12-8-6-11(7-9-12)13(23)10-4-2-1-3-5-10/h1-9,24H. The molecule has 128 valence electrons. The minimum absolute atomic E-state index is 0.100. The zero-order chi connectivity index (χ0) is 18.2. The fourth-order valence-corrected chi connectivity index (χ4v) is 2.11. The highest BCUT2D eigenvalue weighted by molar-refractivity contribution is 6.08. The van der Waals surface area contributed by atoms with Gasteiger partial charge in [0.1, 0.15) is 0 Å². The third-order valence-corrected chi connectivity index (χ3v) is 3.42. The Labute approximate surface area is 132 Å². The Balaban J connectivity index is 2.43. The van der Waals surface area contributed by atoms with Crippen molar-refractivity contribution in [3.8, 4) is 0 Å². The fourth-order valence-electron chi connectivity index (χ4n) is 2.11. The highest BCUT2D eigenvalue weighted by Gasteiger charge is 2.71. The molecule has 0 unspecified atom stereocenters. The molecule has 0 atom stereocenters. The van der Waals surface area contributed by atoms with E-state index in [4.69, 9.17) is 0 Å². The van der Waals surface area contributed by atoms with Gasteiger partial charge < -0.3 is 5.11 Å². The molecule has 1 N–H and O–H groups in total. The number of hydrogen-bond acceptors (Lipinski definition) is 2. The van der Waals surface area contributed by atoms with Crippen LogP contribution in [0.4, 0.5) is 26.3 Å². The molecule has 0 bridgehead atoms. The second-order valence-corrected chi connectivity index (χ2v) is 4.98. The number of ketones is 1. The van der Waals surface area contributed by atoms with Crippen LogP contribution in [0.3, 0.4) is 0 Å². The van der Waals surface area contributed by atoms with Gasteiger partial charge in [0.25, 0.3) is 5.60 Å². The summed E-state index contributed by atoms with van der Waals surface area (Å²) in [7, 11) is 0. The molecule has 0 saturated carbocycles. The van der Waals surface area contributed by atoms with Crippen LogP contribution < -0.4 is 0 Å². The second kappa shape index (κ2) is 5.94. The maximum absolute atomic E-state index is 12.8. The van der Waals surface area contributed by atoms with Gasteiger partial charge in [0.2, 0.25) is 0 Å². The Morgan fingerprint density at radius 2 is 1.12 bits per heavy atom. The van der Waals surface area contributed by atoms with E-state index in [1.807, 2.05) is 0 Å². The average molecular weight is 348 g/mol. The molecule has 8 heteroatoms. The summed E-state index contributed by atoms with van der Waals surface area (Å²) in [5, 5.41) is 9.27. The van der Waals surface area contributed by atoms with Crippen LogP contribution in [0.2, 0.25) is 0 Å². The van der Waals surface area contributed by atoms with Gasteiger partial charge in [-0.1, -0.05) is 54.6 Å². The smallest absolute Gasteiger partial charge is 0.369 e. The van der Waals surface area contributed by atoms with E-state index < -0.39 is 29.3 Å². The highest BCUT2D eigenvalue weighted by atomic mass is 19.4. The lowest BCUT2D eigenvalue weighted by Crippen LogP contribution is -2.53. The number of carbonyl (C=O) groups excluding carboxylic acids is 1. The first kappa shape index (κ1) is 18.0. The zero-order valence-corrected chi connectivity index (χ0v) is 11.8. The number of rotatable bonds is 3. The third kappa shape index (κ3) is 3.01. The van der Waals surface area contributed by atoms with Crippen molar-refractivity contribution >= 4 is 5.78 Å². The van der Waals surface area contributed by atoms with E-state index in [9.17, 15) is 36.2 Å². The van der Waals surface area contributed by atoms with E-state index in [0.29, 0.717) is 12.1 Å². The fraction of sp³-hybridized carbons (Fsp3) is 0.188. The topological polar surface area (TPSA) is 37.3 Å². The van der Waals surface area contributed by atoms with Gasteiger partial charge in [0.05, 0.1) is 0 Å². The molecule has 0 aliphatic carbocycles. The minimum atomic E-state index is -5.96. The first-order chi connectivity index (χ1) is 11.0. The third-order valence-electron chi connectivity index (χ3n) is 3.42. The van der Waals surface area contributed by atoms with Gasteiger partial charge >= 0.3 is 12.4 Å². The lowest BCUT2D eigenvalue weighted by molar-refractivity contribution is -0.376. The van der Waals surface area contributed by atoms with Gasteiger partial charge in [-0.2, -0.15) is 26.3 Å². The maximum atomic E-state index is 12.8. The Bertz CT molecular complexity index is 703. The first-order valence-electron chi connectivity index (χ1n) is 6.54. The van der Waals surface area contributed by atoms with Crippen molar-refractivity contribution in [2.75, 3.05) is 0 Å². The molecule has 0 aliphatic heterocycles. The number of hydrogen-bond donors (Lipinski definition) is 1. The molecule has 0 saturated heterocycles. The van der Waals surface area contributed by atoms with Crippen LogP contribution in [0.5, 0.6) is 0 Å². The molecular weight excluding hydrogens is 338 g/mol. The Morgan fingerprint density at radius 1 is 0.708 bits per heavy atom. The molecule has 0 amide bonds. The zero-order valence-electron chi connectivity index (χ0n) is 11.8. The van der Waals surface area contributed by atoms with Crippen LogP contribution >= 0.6 is 0 Å². The number of carbonyl (C=O) groups is 1. The number of halogens is 6. The molecule has 0 aromatic heterocycles. The normalized spacial score (nSPS) is 13.0. The van der Waals surface area contributed by atoms with Crippen molar-refractivity contribution in [3.63, 3.8) is 0 Å². The lowest BCUT2D eigenvalue weighted by Gasteiger charge is -2.32. The van der Waals surface area contributed by atoms with E-state index >= 15 is 0 Å². The summed E-state index contributed by atoms with van der Waals surface area (Å²) < 4.78 is 76.6. The summed E-state index contributed by atoms with van der Waals surface area (Å²) in [6.45, 7) is 0. The molecule has 2 aromatic rings. The Morgan fingerprint density at radius 3 is 1.54 bits per heavy atom. The van der Waals surface area contributed by atoms with Gasteiger partial charge in [0.15, 0.2) is 5.78 Å². The molecule has 0 radical (unpaired) electrons. The van der Waals surface area contributed by atoms with Crippen molar-refractivity contribution in [2.45, 2.75) is 18.0 Å². The van der Waals surface area contributed by atoms with Crippen molar-refractivity contribution in [1.82, 2.24) is 0 Å². The van der Waals surface area contributed by atoms with E-state index in [2.05, 4.69) is 0 Å². The summed E-state index contributed by atoms with van der Waals surface area (Å²) in [5.74, 6) is -0.565. The lowest BCUT2D eigenvalue weighted by atomic mass is 9.90. The van der Waals surface area contributed by atoms with Gasteiger partial charge in [-0.25, -0.2) is 0 Å². The summed E-state index contributed by atoms with van der Waals surface area (Å²) in [6, 6.07) is 10.2. The summed E-state index contributed by atoms with van der Waals surface area (Å²) >= 11 is 0. The van der Waals surface area contributed by atoms with Gasteiger partial charge in [-0.3, -0.25) is 4.79 Å². The molecule has 2 nitrogen and oxygen atoms in total. The van der Waals surface area contributed by atoms with Crippen LogP contribution in [0.25, 0.3) is 0 Å². The van der Waals surface area contributed by atoms with Crippen LogP contribution in [-0.2, 0) is 5.60 Å². The molecular formula is C16H10F6O2. The summed E-state index contributed by atoms with van der Waals surface area (Å²) in [5.41, 5.74) is -6.29.